The molecule has 0 bridgehead atoms. The van der Waals surface area contributed by atoms with Gasteiger partial charge in [0.1, 0.15) is 0 Å². The molecule has 1 heterocycles. The second-order valence-electron chi connectivity index (χ2n) is 10.2. The fourth-order valence-electron chi connectivity index (χ4n) is 7.39. The summed E-state index contributed by atoms with van der Waals surface area (Å²) < 4.78 is 0. The molecule has 152 valence electrons. The number of nitrogens with zero attached hydrogens (tertiary/aromatic N) is 1. The van der Waals surface area contributed by atoms with Crippen LogP contribution in [0.1, 0.15) is 70.3 Å². The molecule has 1 saturated heterocycles. The maximum atomic E-state index is 12.5. The lowest BCUT2D eigenvalue weighted by molar-refractivity contribution is 0.109. The number of hydrogen-bond acceptors (Lipinski definition) is 2. The summed E-state index contributed by atoms with van der Waals surface area (Å²) in [5.41, 5.74) is 4.88. The maximum Gasteiger partial charge on any atom is -0.00203 e. The van der Waals surface area contributed by atoms with Crippen LogP contribution in [0, 0.1) is 34.8 Å². The van der Waals surface area contributed by atoms with E-state index in [1.807, 2.05) is 0 Å². The Kier molecular flexibility index (Phi) is 5.36. The van der Waals surface area contributed by atoms with Crippen molar-refractivity contribution in [3.05, 3.63) is 52.2 Å². The maximum absolute atomic E-state index is 12.5. The van der Waals surface area contributed by atoms with Crippen molar-refractivity contribution in [3.63, 3.8) is 0 Å². The van der Waals surface area contributed by atoms with E-state index < -0.39 is 0 Å². The van der Waals surface area contributed by atoms with Crippen molar-refractivity contribution < 1.29 is 0 Å². The van der Waals surface area contributed by atoms with Crippen LogP contribution in [0.25, 0.3) is 0 Å². The molecule has 3 fully saturated rings. The van der Waals surface area contributed by atoms with E-state index in [1.54, 1.807) is 11.1 Å². The van der Waals surface area contributed by atoms with Crippen molar-refractivity contribution >= 4 is 0 Å². The molecular formula is C26H36NO-. The van der Waals surface area contributed by atoms with Gasteiger partial charge in [0.25, 0.3) is 0 Å². The van der Waals surface area contributed by atoms with E-state index >= 15 is 0 Å². The monoisotopic (exact) mass is 378 g/mol. The zero-order chi connectivity index (χ0) is 19.1. The van der Waals surface area contributed by atoms with Crippen LogP contribution in [0.5, 0.6) is 0 Å². The van der Waals surface area contributed by atoms with Crippen molar-refractivity contribution in [2.24, 2.45) is 29.6 Å². The predicted molar refractivity (Wildman–Crippen MR) is 116 cm³/mol. The van der Waals surface area contributed by atoms with Crippen LogP contribution in [0.4, 0.5) is 0 Å². The lowest BCUT2D eigenvalue weighted by atomic mass is 9.66. The molecule has 1 aromatic carbocycles. The Morgan fingerprint density at radius 1 is 0.964 bits per heavy atom. The van der Waals surface area contributed by atoms with Gasteiger partial charge in [-0.2, -0.15) is 0 Å². The molecule has 4 aliphatic rings. The topological polar surface area (TPSA) is 26.3 Å². The third-order valence-corrected chi connectivity index (χ3v) is 8.83. The van der Waals surface area contributed by atoms with E-state index in [9.17, 15) is 5.21 Å². The lowest BCUT2D eigenvalue weighted by Gasteiger charge is -2.44. The van der Waals surface area contributed by atoms with Crippen LogP contribution in [-0.2, 0) is 6.42 Å². The Bertz CT molecular complexity index is 710. The highest BCUT2D eigenvalue weighted by molar-refractivity contribution is 5.33. The summed E-state index contributed by atoms with van der Waals surface area (Å²) in [6.45, 7) is 3.19. The summed E-state index contributed by atoms with van der Waals surface area (Å²) in [7, 11) is 0. The SMILES string of the molecule is CC1=C(Cc2ccccc2)C2CC3CCCC3CC2C1CC1CCCCN1[O-]. The van der Waals surface area contributed by atoms with Gasteiger partial charge in [-0.1, -0.05) is 67.2 Å². The van der Waals surface area contributed by atoms with Crippen LogP contribution >= 0.6 is 0 Å². The van der Waals surface area contributed by atoms with Crippen LogP contribution in [-0.4, -0.2) is 17.6 Å². The molecule has 28 heavy (non-hydrogen) atoms. The van der Waals surface area contributed by atoms with Gasteiger partial charge in [0, 0.05) is 0 Å². The molecule has 2 nitrogen and oxygen atoms in total. The first-order valence-corrected chi connectivity index (χ1v) is 11.9. The van der Waals surface area contributed by atoms with Gasteiger partial charge in [-0.15, -0.1) is 0 Å². The van der Waals surface area contributed by atoms with E-state index in [0.717, 1.165) is 55.9 Å². The Labute approximate surface area is 171 Å². The molecule has 1 aromatic rings. The van der Waals surface area contributed by atoms with Crippen LogP contribution < -0.4 is 0 Å². The van der Waals surface area contributed by atoms with Crippen LogP contribution in [0.3, 0.4) is 0 Å². The van der Waals surface area contributed by atoms with Gasteiger partial charge in [0.2, 0.25) is 0 Å². The average Bonchev–Trinajstić information content (AvgIpc) is 3.27. The first-order chi connectivity index (χ1) is 13.7. The number of hydroxylamine groups is 2. The summed E-state index contributed by atoms with van der Waals surface area (Å²) in [6.07, 6.45) is 12.9. The van der Waals surface area contributed by atoms with E-state index in [0.29, 0.717) is 5.92 Å². The molecule has 2 heteroatoms. The van der Waals surface area contributed by atoms with Crippen molar-refractivity contribution in [1.82, 2.24) is 5.06 Å². The molecule has 0 amide bonds. The van der Waals surface area contributed by atoms with Crippen LogP contribution in [0.2, 0.25) is 0 Å². The van der Waals surface area contributed by atoms with E-state index in [2.05, 4.69) is 37.3 Å². The molecule has 0 radical (unpaired) electrons. The molecule has 1 aliphatic heterocycles. The van der Waals surface area contributed by atoms with Gasteiger partial charge in [-0.05, 0) is 93.2 Å². The molecule has 0 aromatic heterocycles. The van der Waals surface area contributed by atoms with Crippen molar-refractivity contribution in [2.45, 2.75) is 77.2 Å². The highest BCUT2D eigenvalue weighted by Crippen LogP contribution is 2.57. The van der Waals surface area contributed by atoms with Crippen LogP contribution in [0.15, 0.2) is 41.5 Å². The molecule has 5 rings (SSSR count). The number of piperidine rings is 1. The van der Waals surface area contributed by atoms with Crippen molar-refractivity contribution in [3.8, 4) is 0 Å². The summed E-state index contributed by atoms with van der Waals surface area (Å²) in [6, 6.07) is 11.3. The van der Waals surface area contributed by atoms with Gasteiger partial charge >= 0.3 is 0 Å². The van der Waals surface area contributed by atoms with Crippen molar-refractivity contribution in [2.75, 3.05) is 6.54 Å². The number of fused-ring (bicyclic) bond motifs is 2. The number of benzene rings is 1. The molecule has 3 aliphatic carbocycles. The molecular weight excluding hydrogens is 342 g/mol. The summed E-state index contributed by atoms with van der Waals surface area (Å²) in [5, 5.41) is 13.9. The van der Waals surface area contributed by atoms with Gasteiger partial charge < -0.3 is 10.3 Å². The molecule has 2 saturated carbocycles. The number of allylic oxidation sites excluding steroid dienone is 2. The minimum Gasteiger partial charge on any atom is -0.785 e. The largest absolute Gasteiger partial charge is 0.785 e. The summed E-state index contributed by atoms with van der Waals surface area (Å²) >= 11 is 0. The normalized spacial score (nSPS) is 38.5. The highest BCUT2D eigenvalue weighted by atomic mass is 16.5. The third kappa shape index (κ3) is 3.48. The predicted octanol–water partition coefficient (Wildman–Crippen LogP) is 6.36. The minimum absolute atomic E-state index is 0.270. The fraction of sp³-hybridized carbons (Fsp3) is 0.692. The molecule has 0 N–H and O–H groups in total. The van der Waals surface area contributed by atoms with Crippen molar-refractivity contribution in [1.29, 1.82) is 0 Å². The zero-order valence-electron chi connectivity index (χ0n) is 17.5. The number of rotatable bonds is 4. The lowest BCUT2D eigenvalue weighted by Crippen LogP contribution is -2.38. The Balaban J connectivity index is 1.42. The highest BCUT2D eigenvalue weighted by Gasteiger charge is 2.48. The first kappa shape index (κ1) is 18.9. The number of hydrogen-bond donors (Lipinski definition) is 0. The first-order valence-electron chi connectivity index (χ1n) is 11.9. The fourth-order valence-corrected chi connectivity index (χ4v) is 7.39. The molecule has 0 spiro atoms. The Morgan fingerprint density at radius 2 is 1.75 bits per heavy atom. The second-order valence-corrected chi connectivity index (χ2v) is 10.2. The summed E-state index contributed by atoms with van der Waals surface area (Å²) in [4.78, 5) is 0. The second kappa shape index (κ2) is 7.95. The standard InChI is InChI=1S/C26H36NO/c1-18-23(14-19-8-3-2-4-9-19)25-15-20-10-7-11-21(20)16-26(25)24(18)17-22-12-5-6-13-27(22)28/h2-4,8-9,20-22,24-26H,5-7,10-17H2,1H3/q-1. The van der Waals surface area contributed by atoms with E-state index in [1.165, 1.54) is 49.2 Å². The smallest absolute Gasteiger partial charge is 0.00203 e. The average molecular weight is 379 g/mol. The molecule has 6 atom stereocenters. The zero-order valence-corrected chi connectivity index (χ0v) is 17.5. The van der Waals surface area contributed by atoms with E-state index in [-0.39, 0.29) is 6.04 Å². The third-order valence-electron chi connectivity index (χ3n) is 8.83. The van der Waals surface area contributed by atoms with E-state index in [4.69, 9.17) is 0 Å². The molecule has 6 unspecified atom stereocenters. The Hall–Kier alpha value is -1.12. The van der Waals surface area contributed by atoms with Gasteiger partial charge in [-0.25, -0.2) is 0 Å². The Morgan fingerprint density at radius 3 is 2.54 bits per heavy atom. The minimum atomic E-state index is 0.270. The van der Waals surface area contributed by atoms with Gasteiger partial charge in [0.15, 0.2) is 0 Å². The van der Waals surface area contributed by atoms with Gasteiger partial charge in [-0.3, -0.25) is 0 Å². The quantitative estimate of drug-likeness (QED) is 0.570. The van der Waals surface area contributed by atoms with Gasteiger partial charge in [0.05, 0.1) is 0 Å². The summed E-state index contributed by atoms with van der Waals surface area (Å²) in [5.74, 6) is 4.21.